The number of carbonyl (C=O) groups is 1. The molecule has 1 aliphatic heterocycles. The molecule has 4 atom stereocenters. The maximum Gasteiger partial charge on any atom is 0.237 e. The molecule has 2 rings (SSSR count). The minimum Gasteiger partial charge on any atom is -0.368 e. The van der Waals surface area contributed by atoms with Crippen LogP contribution in [0, 0.1) is 0 Å². The van der Waals surface area contributed by atoms with Crippen molar-refractivity contribution in [2.24, 2.45) is 5.73 Å². The fourth-order valence-corrected chi connectivity index (χ4v) is 4.47. The van der Waals surface area contributed by atoms with E-state index in [9.17, 15) is 4.79 Å². The monoisotopic (exact) mass is 281 g/mol. The molecule has 0 aromatic heterocycles. The summed E-state index contributed by atoms with van der Waals surface area (Å²) in [6.07, 6.45) is 7.90. The number of carbonyl (C=O) groups excluding carboxylic acids is 1. The molecule has 0 bridgehead atoms. The predicted octanol–water partition coefficient (Wildman–Crippen LogP) is 2.03. The van der Waals surface area contributed by atoms with E-state index in [0.717, 1.165) is 25.8 Å². The Morgan fingerprint density at radius 1 is 1.35 bits per heavy atom. The molecule has 0 aromatic carbocycles. The Morgan fingerprint density at radius 3 is 2.70 bits per heavy atom. The van der Waals surface area contributed by atoms with Gasteiger partial charge in [-0.3, -0.25) is 9.69 Å². The highest BCUT2D eigenvalue weighted by Crippen LogP contribution is 2.37. The molecular weight excluding hydrogens is 250 g/mol. The number of amides is 1. The maximum absolute atomic E-state index is 12.0. The summed E-state index contributed by atoms with van der Waals surface area (Å²) in [5.41, 5.74) is 5.26. The molecule has 3 N–H and O–H groups in total. The van der Waals surface area contributed by atoms with Crippen LogP contribution in [0.1, 0.15) is 65.7 Å². The second kappa shape index (κ2) is 6.44. The lowest BCUT2D eigenvalue weighted by atomic mass is 9.77. The van der Waals surface area contributed by atoms with E-state index in [-0.39, 0.29) is 5.91 Å². The normalized spacial score (nSPS) is 39.0. The highest BCUT2D eigenvalue weighted by atomic mass is 16.1. The summed E-state index contributed by atoms with van der Waals surface area (Å²) in [5.74, 6) is -0.163. The Labute approximate surface area is 123 Å². The average molecular weight is 281 g/mol. The van der Waals surface area contributed by atoms with E-state index in [1.54, 1.807) is 0 Å². The number of primary amides is 1. The lowest BCUT2D eigenvalue weighted by Crippen LogP contribution is -2.61. The number of hydrogen-bond donors (Lipinski definition) is 2. The molecule has 0 spiro atoms. The zero-order chi connectivity index (χ0) is 14.8. The number of hydrogen-bond acceptors (Lipinski definition) is 3. The van der Waals surface area contributed by atoms with Gasteiger partial charge in [0.2, 0.25) is 5.91 Å². The van der Waals surface area contributed by atoms with Crippen LogP contribution in [0.3, 0.4) is 0 Å². The van der Waals surface area contributed by atoms with Crippen LogP contribution in [0.15, 0.2) is 0 Å². The summed E-state index contributed by atoms with van der Waals surface area (Å²) in [6.45, 7) is 7.48. The van der Waals surface area contributed by atoms with Crippen LogP contribution < -0.4 is 11.1 Å². The number of likely N-dealkylation sites (tertiary alicyclic amines) is 1. The van der Waals surface area contributed by atoms with Crippen LogP contribution in [-0.4, -0.2) is 41.0 Å². The smallest absolute Gasteiger partial charge is 0.237 e. The van der Waals surface area contributed by atoms with Gasteiger partial charge >= 0.3 is 0 Å². The van der Waals surface area contributed by atoms with Crippen molar-refractivity contribution >= 4 is 5.91 Å². The molecule has 20 heavy (non-hydrogen) atoms. The van der Waals surface area contributed by atoms with E-state index in [2.05, 4.69) is 31.0 Å². The molecule has 4 unspecified atom stereocenters. The Kier molecular flexibility index (Phi) is 5.08. The van der Waals surface area contributed by atoms with Gasteiger partial charge in [0.25, 0.3) is 0 Å². The first-order valence-electron chi connectivity index (χ1n) is 8.36. The Bertz CT molecular complexity index is 343. The number of nitrogens with zero attached hydrogens (tertiary/aromatic N) is 1. The number of nitrogens with one attached hydrogen (secondary N) is 1. The van der Waals surface area contributed by atoms with Crippen molar-refractivity contribution in [3.63, 3.8) is 0 Å². The third kappa shape index (κ3) is 2.86. The van der Waals surface area contributed by atoms with Gasteiger partial charge in [0.05, 0.1) is 5.54 Å². The molecular formula is C16H31N3O. The molecule has 2 aliphatic rings. The predicted molar refractivity (Wildman–Crippen MR) is 82.5 cm³/mol. The minimum atomic E-state index is -0.474. The SMILES string of the molecule is CCNC1(C(N)=O)CCCC(N2C(C)CCC2CC)C1. The summed E-state index contributed by atoms with van der Waals surface area (Å²) in [6, 6.07) is 1.85. The van der Waals surface area contributed by atoms with Crippen molar-refractivity contribution in [2.45, 2.75) is 89.4 Å². The van der Waals surface area contributed by atoms with Crippen molar-refractivity contribution in [2.75, 3.05) is 6.54 Å². The number of rotatable bonds is 5. The lowest BCUT2D eigenvalue weighted by molar-refractivity contribution is -0.127. The quantitative estimate of drug-likeness (QED) is 0.810. The summed E-state index contributed by atoms with van der Waals surface area (Å²) in [7, 11) is 0. The van der Waals surface area contributed by atoms with Gasteiger partial charge in [-0.1, -0.05) is 13.8 Å². The number of nitrogens with two attached hydrogens (primary N) is 1. The highest BCUT2D eigenvalue weighted by Gasteiger charge is 2.45. The van der Waals surface area contributed by atoms with Gasteiger partial charge in [0, 0.05) is 18.1 Å². The molecule has 1 saturated carbocycles. The van der Waals surface area contributed by atoms with Crippen LogP contribution in [0.2, 0.25) is 0 Å². The Morgan fingerprint density at radius 2 is 2.10 bits per heavy atom. The van der Waals surface area contributed by atoms with Gasteiger partial charge in [-0.15, -0.1) is 0 Å². The van der Waals surface area contributed by atoms with Crippen LogP contribution in [0.4, 0.5) is 0 Å². The molecule has 116 valence electrons. The molecule has 1 heterocycles. The van der Waals surface area contributed by atoms with Gasteiger partial charge < -0.3 is 11.1 Å². The van der Waals surface area contributed by atoms with Crippen LogP contribution >= 0.6 is 0 Å². The van der Waals surface area contributed by atoms with E-state index in [4.69, 9.17) is 5.73 Å². The van der Waals surface area contributed by atoms with Crippen molar-refractivity contribution in [1.82, 2.24) is 10.2 Å². The number of likely N-dealkylation sites (N-methyl/N-ethyl adjacent to an activating group) is 1. The second-order valence-corrected chi connectivity index (χ2v) is 6.66. The average Bonchev–Trinajstić information content (AvgIpc) is 2.80. The van der Waals surface area contributed by atoms with E-state index >= 15 is 0 Å². The summed E-state index contributed by atoms with van der Waals surface area (Å²) >= 11 is 0. The third-order valence-electron chi connectivity index (χ3n) is 5.45. The fraction of sp³-hybridized carbons (Fsp3) is 0.938. The zero-order valence-electron chi connectivity index (χ0n) is 13.3. The van der Waals surface area contributed by atoms with Gasteiger partial charge in [-0.25, -0.2) is 0 Å². The third-order valence-corrected chi connectivity index (χ3v) is 5.45. The largest absolute Gasteiger partial charge is 0.368 e. The lowest BCUT2D eigenvalue weighted by Gasteiger charge is -2.45. The van der Waals surface area contributed by atoms with Crippen molar-refractivity contribution in [3.05, 3.63) is 0 Å². The van der Waals surface area contributed by atoms with Gasteiger partial charge in [-0.2, -0.15) is 0 Å². The Hall–Kier alpha value is -0.610. The highest BCUT2D eigenvalue weighted by molar-refractivity contribution is 5.84. The first-order chi connectivity index (χ1) is 9.54. The van der Waals surface area contributed by atoms with E-state index in [0.29, 0.717) is 18.1 Å². The molecule has 1 aliphatic carbocycles. The molecule has 1 amide bonds. The Balaban J connectivity index is 2.14. The van der Waals surface area contributed by atoms with Gasteiger partial charge in [0.15, 0.2) is 0 Å². The maximum atomic E-state index is 12.0. The molecule has 1 saturated heterocycles. The minimum absolute atomic E-state index is 0.163. The van der Waals surface area contributed by atoms with Crippen LogP contribution in [-0.2, 0) is 4.79 Å². The van der Waals surface area contributed by atoms with Crippen molar-refractivity contribution in [1.29, 1.82) is 0 Å². The van der Waals surface area contributed by atoms with E-state index < -0.39 is 5.54 Å². The van der Waals surface area contributed by atoms with E-state index in [1.165, 1.54) is 25.7 Å². The second-order valence-electron chi connectivity index (χ2n) is 6.66. The summed E-state index contributed by atoms with van der Waals surface area (Å²) in [4.78, 5) is 14.7. The van der Waals surface area contributed by atoms with Crippen LogP contribution in [0.5, 0.6) is 0 Å². The molecule has 2 fully saturated rings. The molecule has 4 heteroatoms. The summed E-state index contributed by atoms with van der Waals surface area (Å²) in [5, 5.41) is 3.40. The van der Waals surface area contributed by atoms with Gasteiger partial charge in [0.1, 0.15) is 0 Å². The summed E-state index contributed by atoms with van der Waals surface area (Å²) < 4.78 is 0. The first kappa shape index (κ1) is 15.8. The van der Waals surface area contributed by atoms with Crippen LogP contribution in [0.25, 0.3) is 0 Å². The van der Waals surface area contributed by atoms with E-state index in [1.807, 2.05) is 0 Å². The molecule has 4 nitrogen and oxygen atoms in total. The van der Waals surface area contributed by atoms with Gasteiger partial charge in [-0.05, 0) is 58.4 Å². The van der Waals surface area contributed by atoms with Crippen molar-refractivity contribution in [3.8, 4) is 0 Å². The zero-order valence-corrected chi connectivity index (χ0v) is 13.3. The molecule has 0 aromatic rings. The standard InChI is InChI=1S/C16H31N3O/c1-4-13-9-8-12(3)19(13)14-7-6-10-16(11-14,15(17)20)18-5-2/h12-14,18H,4-11H2,1-3H3,(H2,17,20). The van der Waals surface area contributed by atoms with Crippen molar-refractivity contribution < 1.29 is 4.79 Å². The fourth-order valence-electron chi connectivity index (χ4n) is 4.47. The topological polar surface area (TPSA) is 58.4 Å². The first-order valence-corrected chi connectivity index (χ1v) is 8.36. The molecule has 0 radical (unpaired) electrons.